The lowest BCUT2D eigenvalue weighted by Gasteiger charge is -2.13. The van der Waals surface area contributed by atoms with Crippen LogP contribution in [0.4, 0.5) is 10.1 Å². The number of para-hydroxylation sites is 2. The molecule has 0 spiro atoms. The van der Waals surface area contributed by atoms with Gasteiger partial charge in [-0.05, 0) is 48.6 Å². The molecule has 0 aliphatic heterocycles. The number of thiocarbonyl (C=S) groups is 1. The molecule has 2 aromatic carbocycles. The van der Waals surface area contributed by atoms with E-state index in [4.69, 9.17) is 21.7 Å². The predicted octanol–water partition coefficient (Wildman–Crippen LogP) is 2.23. The Labute approximate surface area is 143 Å². The first-order valence-electron chi connectivity index (χ1n) is 6.95. The molecular weight excluding hydrogens is 333 g/mol. The van der Waals surface area contributed by atoms with Crippen molar-refractivity contribution in [3.8, 4) is 11.5 Å². The van der Waals surface area contributed by atoms with Crippen LogP contribution in [-0.2, 0) is 4.79 Å². The van der Waals surface area contributed by atoms with Crippen molar-refractivity contribution >= 4 is 28.9 Å². The minimum absolute atomic E-state index is 0.159. The number of hydrogen-bond acceptors (Lipinski definition) is 4. The number of anilines is 1. The van der Waals surface area contributed by atoms with E-state index in [0.717, 1.165) is 0 Å². The number of amides is 1. The normalized spacial score (nSPS) is 9.75. The fourth-order valence-electron chi connectivity index (χ4n) is 1.74. The van der Waals surface area contributed by atoms with Crippen LogP contribution in [0.5, 0.6) is 11.5 Å². The Kier molecular flexibility index (Phi) is 6.32. The van der Waals surface area contributed by atoms with Gasteiger partial charge < -0.3 is 14.8 Å². The van der Waals surface area contributed by atoms with Crippen LogP contribution < -0.4 is 25.6 Å². The second-order valence-electron chi connectivity index (χ2n) is 4.57. The first-order chi connectivity index (χ1) is 11.6. The predicted molar refractivity (Wildman–Crippen MR) is 92.4 cm³/mol. The van der Waals surface area contributed by atoms with Crippen molar-refractivity contribution in [2.75, 3.05) is 19.0 Å². The molecule has 0 saturated heterocycles. The third kappa shape index (κ3) is 5.40. The van der Waals surface area contributed by atoms with Crippen molar-refractivity contribution in [1.29, 1.82) is 0 Å². The summed E-state index contributed by atoms with van der Waals surface area (Å²) in [4.78, 5) is 11.7. The van der Waals surface area contributed by atoms with Gasteiger partial charge in [0.1, 0.15) is 5.82 Å². The van der Waals surface area contributed by atoms with Crippen LogP contribution in [-0.4, -0.2) is 24.7 Å². The van der Waals surface area contributed by atoms with Crippen LogP contribution in [0.1, 0.15) is 0 Å². The van der Waals surface area contributed by atoms with Crippen molar-refractivity contribution in [1.82, 2.24) is 10.9 Å². The average molecular weight is 349 g/mol. The largest absolute Gasteiger partial charge is 0.493 e. The van der Waals surface area contributed by atoms with Gasteiger partial charge in [-0.15, -0.1) is 0 Å². The maximum atomic E-state index is 12.8. The highest BCUT2D eigenvalue weighted by molar-refractivity contribution is 7.80. The molecule has 0 heterocycles. The number of benzene rings is 2. The van der Waals surface area contributed by atoms with Gasteiger partial charge >= 0.3 is 0 Å². The molecule has 1 amide bonds. The van der Waals surface area contributed by atoms with Crippen molar-refractivity contribution in [3.05, 3.63) is 54.3 Å². The van der Waals surface area contributed by atoms with Crippen LogP contribution in [0, 0.1) is 5.82 Å². The van der Waals surface area contributed by atoms with Gasteiger partial charge in [-0.1, -0.05) is 12.1 Å². The molecule has 2 aromatic rings. The summed E-state index contributed by atoms with van der Waals surface area (Å²) >= 11 is 5.01. The second kappa shape index (κ2) is 8.68. The molecule has 3 N–H and O–H groups in total. The zero-order valence-corrected chi connectivity index (χ0v) is 13.7. The molecule has 0 unspecified atom stereocenters. The molecule has 0 aromatic heterocycles. The van der Waals surface area contributed by atoms with E-state index in [0.29, 0.717) is 17.2 Å². The zero-order valence-electron chi connectivity index (χ0n) is 12.8. The van der Waals surface area contributed by atoms with Crippen molar-refractivity contribution in [2.45, 2.75) is 0 Å². The van der Waals surface area contributed by atoms with Gasteiger partial charge in [0.05, 0.1) is 7.11 Å². The van der Waals surface area contributed by atoms with Crippen LogP contribution in [0.25, 0.3) is 0 Å². The fraction of sp³-hybridized carbons (Fsp3) is 0.125. The lowest BCUT2D eigenvalue weighted by Crippen LogP contribution is -2.45. The van der Waals surface area contributed by atoms with Crippen molar-refractivity contribution in [2.24, 2.45) is 0 Å². The Morgan fingerprint density at radius 2 is 1.75 bits per heavy atom. The molecule has 0 atom stereocenters. The van der Waals surface area contributed by atoms with E-state index >= 15 is 0 Å². The van der Waals surface area contributed by atoms with Crippen molar-refractivity contribution < 1.29 is 18.7 Å². The summed E-state index contributed by atoms with van der Waals surface area (Å²) in [6.45, 7) is -0.216. The van der Waals surface area contributed by atoms with Crippen LogP contribution in [0.2, 0.25) is 0 Å². The van der Waals surface area contributed by atoms with E-state index in [9.17, 15) is 9.18 Å². The third-order valence-electron chi connectivity index (χ3n) is 2.85. The number of carbonyl (C=O) groups excluding carboxylic acids is 1. The van der Waals surface area contributed by atoms with Gasteiger partial charge in [-0.3, -0.25) is 15.6 Å². The van der Waals surface area contributed by atoms with E-state index in [1.54, 1.807) is 24.3 Å². The van der Waals surface area contributed by atoms with Crippen LogP contribution in [0.15, 0.2) is 48.5 Å². The maximum absolute atomic E-state index is 12.8. The number of hydrogen-bond donors (Lipinski definition) is 3. The van der Waals surface area contributed by atoms with Crippen LogP contribution in [0.3, 0.4) is 0 Å². The standard InChI is InChI=1S/C16H16FN3O3S/c1-22-13-4-2-3-5-14(13)23-10-15(21)19-20-16(24)18-12-8-6-11(17)7-9-12/h2-9H,10H2,1H3,(H,19,21)(H2,18,20,24). The summed E-state index contributed by atoms with van der Waals surface area (Å²) in [6.07, 6.45) is 0. The van der Waals surface area contributed by atoms with Gasteiger partial charge in [0.15, 0.2) is 23.2 Å². The molecule has 8 heteroatoms. The van der Waals surface area contributed by atoms with Gasteiger partial charge in [0.2, 0.25) is 0 Å². The number of nitrogens with one attached hydrogen (secondary N) is 3. The van der Waals surface area contributed by atoms with Crippen molar-refractivity contribution in [3.63, 3.8) is 0 Å². The minimum atomic E-state index is -0.427. The smallest absolute Gasteiger partial charge is 0.276 e. The fourth-order valence-corrected chi connectivity index (χ4v) is 1.91. The number of halogens is 1. The molecule has 0 aliphatic carbocycles. The molecule has 2 rings (SSSR count). The number of carbonyl (C=O) groups is 1. The number of ether oxygens (including phenoxy) is 2. The number of rotatable bonds is 5. The second-order valence-corrected chi connectivity index (χ2v) is 4.98. The molecule has 6 nitrogen and oxygen atoms in total. The Balaban J connectivity index is 1.74. The van der Waals surface area contributed by atoms with Gasteiger partial charge in [0.25, 0.3) is 5.91 Å². The molecule has 0 aliphatic rings. The minimum Gasteiger partial charge on any atom is -0.493 e. The summed E-state index contributed by atoms with van der Waals surface area (Å²) in [5.74, 6) is 0.222. The first kappa shape index (κ1) is 17.5. The Morgan fingerprint density at radius 1 is 1.08 bits per heavy atom. The Bertz CT molecular complexity index is 710. The summed E-state index contributed by atoms with van der Waals surface area (Å²) in [5, 5.41) is 2.95. The lowest BCUT2D eigenvalue weighted by molar-refractivity contribution is -0.123. The molecule has 126 valence electrons. The zero-order chi connectivity index (χ0) is 17.4. The topological polar surface area (TPSA) is 71.6 Å². The Hall–Kier alpha value is -2.87. The quantitative estimate of drug-likeness (QED) is 0.568. The highest BCUT2D eigenvalue weighted by Gasteiger charge is 2.07. The average Bonchev–Trinajstić information content (AvgIpc) is 2.60. The highest BCUT2D eigenvalue weighted by atomic mass is 32.1. The van der Waals surface area contributed by atoms with E-state index in [1.165, 1.54) is 31.4 Å². The highest BCUT2D eigenvalue weighted by Crippen LogP contribution is 2.25. The molecule has 24 heavy (non-hydrogen) atoms. The molecule has 0 bridgehead atoms. The summed E-state index contributed by atoms with van der Waals surface area (Å²) in [5.41, 5.74) is 5.51. The third-order valence-corrected chi connectivity index (χ3v) is 3.05. The molecule has 0 radical (unpaired) electrons. The lowest BCUT2D eigenvalue weighted by atomic mass is 10.3. The van der Waals surface area contributed by atoms with Gasteiger partial charge in [0, 0.05) is 5.69 Å². The van der Waals surface area contributed by atoms with Gasteiger partial charge in [-0.25, -0.2) is 4.39 Å². The monoisotopic (exact) mass is 349 g/mol. The summed E-state index contributed by atoms with van der Waals surface area (Å²) in [6, 6.07) is 12.6. The summed E-state index contributed by atoms with van der Waals surface area (Å²) < 4.78 is 23.3. The first-order valence-corrected chi connectivity index (χ1v) is 7.36. The van der Waals surface area contributed by atoms with E-state index in [2.05, 4.69) is 16.2 Å². The van der Waals surface area contributed by atoms with E-state index < -0.39 is 5.91 Å². The SMILES string of the molecule is COc1ccccc1OCC(=O)NNC(=S)Nc1ccc(F)cc1. The summed E-state index contributed by atoms with van der Waals surface area (Å²) in [7, 11) is 1.52. The van der Waals surface area contributed by atoms with E-state index in [1.807, 2.05) is 0 Å². The number of methoxy groups -OCH3 is 1. The number of hydrazine groups is 1. The van der Waals surface area contributed by atoms with Gasteiger partial charge in [-0.2, -0.15) is 0 Å². The Morgan fingerprint density at radius 3 is 2.42 bits per heavy atom. The molecule has 0 saturated carbocycles. The maximum Gasteiger partial charge on any atom is 0.276 e. The molecular formula is C16H16FN3O3S. The molecule has 0 fully saturated rings. The van der Waals surface area contributed by atoms with E-state index in [-0.39, 0.29) is 17.5 Å². The van der Waals surface area contributed by atoms with Crippen LogP contribution >= 0.6 is 12.2 Å².